The molecular formula is C29H31F3N4O4. The van der Waals surface area contributed by atoms with Crippen molar-refractivity contribution in [2.45, 2.75) is 64.2 Å². The Labute approximate surface area is 230 Å². The van der Waals surface area contributed by atoms with Gasteiger partial charge in [-0.1, -0.05) is 13.0 Å². The average Bonchev–Trinajstić information content (AvgIpc) is 2.86. The number of nitrogens with zero attached hydrogens (tertiary/aromatic N) is 2. The fourth-order valence-corrected chi connectivity index (χ4v) is 4.90. The molecule has 3 aromatic rings. The summed E-state index contributed by atoms with van der Waals surface area (Å²) >= 11 is 0. The number of pyridine rings is 2. The third-order valence-electron chi connectivity index (χ3n) is 6.71. The maximum Gasteiger partial charge on any atom is 0.407 e. The number of hydrogen-bond donors (Lipinski definition) is 3. The van der Waals surface area contributed by atoms with Gasteiger partial charge in [0.2, 0.25) is 0 Å². The molecule has 8 nitrogen and oxygen atoms in total. The van der Waals surface area contributed by atoms with Crippen molar-refractivity contribution in [1.82, 2.24) is 15.3 Å². The summed E-state index contributed by atoms with van der Waals surface area (Å²) in [5.41, 5.74) is -1.20. The highest BCUT2D eigenvalue weighted by molar-refractivity contribution is 6.03. The molecule has 3 N–H and O–H groups in total. The van der Waals surface area contributed by atoms with Gasteiger partial charge in [0.1, 0.15) is 34.4 Å². The summed E-state index contributed by atoms with van der Waals surface area (Å²) in [6, 6.07) is 6.26. The van der Waals surface area contributed by atoms with Crippen LogP contribution in [-0.2, 0) is 4.74 Å². The van der Waals surface area contributed by atoms with E-state index in [1.54, 1.807) is 33.0 Å². The zero-order valence-electron chi connectivity index (χ0n) is 22.5. The molecule has 0 radical (unpaired) electrons. The van der Waals surface area contributed by atoms with Crippen molar-refractivity contribution in [2.75, 3.05) is 5.32 Å². The number of benzene rings is 1. The monoisotopic (exact) mass is 556 g/mol. The van der Waals surface area contributed by atoms with E-state index in [0.29, 0.717) is 24.1 Å². The molecule has 1 saturated carbocycles. The molecule has 2 amide bonds. The van der Waals surface area contributed by atoms with E-state index in [2.05, 4.69) is 20.6 Å². The molecule has 2 heterocycles. The Hall–Kier alpha value is -3.99. The number of hydrogen-bond acceptors (Lipinski definition) is 6. The number of amides is 2. The first-order valence-corrected chi connectivity index (χ1v) is 12.9. The van der Waals surface area contributed by atoms with Crippen molar-refractivity contribution in [3.05, 3.63) is 77.5 Å². The highest BCUT2D eigenvalue weighted by atomic mass is 19.1. The minimum Gasteiger partial charge on any atom is -0.444 e. The molecule has 0 saturated heterocycles. The normalized spacial score (nSPS) is 21.0. The molecule has 212 valence electrons. The smallest absolute Gasteiger partial charge is 0.407 e. The minimum absolute atomic E-state index is 0.180. The summed E-state index contributed by atoms with van der Waals surface area (Å²) in [6.45, 7) is 7.10. The van der Waals surface area contributed by atoms with Gasteiger partial charge >= 0.3 is 6.09 Å². The second-order valence-corrected chi connectivity index (χ2v) is 10.9. The molecule has 40 heavy (non-hydrogen) atoms. The van der Waals surface area contributed by atoms with E-state index in [1.165, 1.54) is 6.20 Å². The molecule has 4 rings (SSSR count). The lowest BCUT2D eigenvalue weighted by atomic mass is 9.74. The number of alkyl carbamates (subject to hydrolysis) is 1. The maximum absolute atomic E-state index is 14.5. The van der Waals surface area contributed by atoms with Crippen LogP contribution < -0.4 is 10.6 Å². The Balaban J connectivity index is 1.57. The number of nitrogens with one attached hydrogen (secondary N) is 2. The number of aliphatic hydroxyl groups is 1. The lowest BCUT2D eigenvalue weighted by molar-refractivity contribution is 0.0176. The molecule has 0 bridgehead atoms. The fourth-order valence-electron chi connectivity index (χ4n) is 4.90. The second-order valence-electron chi connectivity index (χ2n) is 10.9. The van der Waals surface area contributed by atoms with Gasteiger partial charge in [-0.15, -0.1) is 0 Å². The summed E-state index contributed by atoms with van der Waals surface area (Å²) < 4.78 is 48.4. The van der Waals surface area contributed by atoms with E-state index in [-0.39, 0.29) is 17.5 Å². The van der Waals surface area contributed by atoms with E-state index in [0.717, 1.165) is 30.3 Å². The quantitative estimate of drug-likeness (QED) is 0.378. The van der Waals surface area contributed by atoms with Crippen molar-refractivity contribution >= 4 is 17.7 Å². The predicted octanol–water partition coefficient (Wildman–Crippen LogP) is 5.58. The van der Waals surface area contributed by atoms with Crippen LogP contribution >= 0.6 is 0 Å². The number of halogens is 3. The maximum atomic E-state index is 14.5. The number of anilines is 1. The summed E-state index contributed by atoms with van der Waals surface area (Å²) in [7, 11) is 0. The van der Waals surface area contributed by atoms with Crippen LogP contribution in [0.3, 0.4) is 0 Å². The predicted molar refractivity (Wildman–Crippen MR) is 142 cm³/mol. The van der Waals surface area contributed by atoms with Gasteiger partial charge in [-0.3, -0.25) is 9.78 Å². The van der Waals surface area contributed by atoms with Crippen molar-refractivity contribution in [3.8, 4) is 11.3 Å². The van der Waals surface area contributed by atoms with Crippen molar-refractivity contribution in [1.29, 1.82) is 0 Å². The molecule has 1 aromatic carbocycles. The van der Waals surface area contributed by atoms with Gasteiger partial charge in [-0.05, 0) is 81.3 Å². The molecular weight excluding hydrogens is 525 g/mol. The van der Waals surface area contributed by atoms with E-state index in [1.807, 2.05) is 6.92 Å². The third-order valence-corrected chi connectivity index (χ3v) is 6.71. The first kappa shape index (κ1) is 29.0. The largest absolute Gasteiger partial charge is 0.444 e. The van der Waals surface area contributed by atoms with Crippen molar-refractivity contribution < 1.29 is 32.6 Å². The van der Waals surface area contributed by atoms with Crippen LogP contribution in [0.2, 0.25) is 0 Å². The highest BCUT2D eigenvalue weighted by Crippen LogP contribution is 2.39. The fraction of sp³-hybridized carbons (Fsp3) is 0.379. The standard InChI is InChI=1S/C29H31F3N4O4/c1-15-12-16(13-22(26(15)37)36-28(39)40-29(2,3)4)17-10-11-33-14-23(17)35-27(38)21-9-8-20(32)25(34-21)24-18(30)6-5-7-19(24)31/h5-11,14-16,22,26,37H,12-13H2,1-4H3,(H,35,38)(H,36,39)/t15-,16+,22+,26-/m0/s1. The first-order valence-electron chi connectivity index (χ1n) is 12.9. The molecule has 0 aliphatic heterocycles. The van der Waals surface area contributed by atoms with E-state index in [4.69, 9.17) is 4.74 Å². The summed E-state index contributed by atoms with van der Waals surface area (Å²) in [5, 5.41) is 16.2. The molecule has 1 aliphatic rings. The Morgan fingerprint density at radius 3 is 2.40 bits per heavy atom. The minimum atomic E-state index is -1.01. The molecule has 2 aromatic heterocycles. The molecule has 4 atom stereocenters. The summed E-state index contributed by atoms with van der Waals surface area (Å²) in [4.78, 5) is 33.6. The molecule has 0 unspecified atom stereocenters. The Morgan fingerprint density at radius 2 is 1.73 bits per heavy atom. The Bertz CT molecular complexity index is 1390. The number of aliphatic hydroxyl groups excluding tert-OH is 1. The number of carbonyl (C=O) groups excluding carboxylic acids is 2. The van der Waals surface area contributed by atoms with E-state index >= 15 is 0 Å². The van der Waals surface area contributed by atoms with Crippen LogP contribution in [0.1, 0.15) is 62.5 Å². The highest BCUT2D eigenvalue weighted by Gasteiger charge is 2.37. The Morgan fingerprint density at radius 1 is 1.02 bits per heavy atom. The van der Waals surface area contributed by atoms with E-state index < -0.39 is 58.5 Å². The van der Waals surface area contributed by atoms with Gasteiger partial charge in [-0.25, -0.2) is 22.9 Å². The van der Waals surface area contributed by atoms with Crippen LogP contribution in [0.15, 0.2) is 48.8 Å². The van der Waals surface area contributed by atoms with Gasteiger partial charge in [-0.2, -0.15) is 0 Å². The van der Waals surface area contributed by atoms with Crippen LogP contribution in [0, 0.1) is 23.4 Å². The number of aromatic nitrogens is 2. The van der Waals surface area contributed by atoms with Crippen molar-refractivity contribution in [2.24, 2.45) is 5.92 Å². The average molecular weight is 557 g/mol. The third kappa shape index (κ3) is 6.59. The lowest BCUT2D eigenvalue weighted by Gasteiger charge is -2.39. The molecule has 1 fully saturated rings. The molecule has 1 aliphatic carbocycles. The zero-order valence-corrected chi connectivity index (χ0v) is 22.5. The second kappa shape index (κ2) is 11.6. The molecule has 0 spiro atoms. The van der Waals surface area contributed by atoms with Crippen LogP contribution in [0.5, 0.6) is 0 Å². The van der Waals surface area contributed by atoms with Crippen LogP contribution in [0.25, 0.3) is 11.3 Å². The SMILES string of the molecule is C[C@H]1C[C@@H](c2ccncc2NC(=O)c2ccc(F)c(-c3c(F)cccc3F)n2)C[C@@H](NC(=O)OC(C)(C)C)[C@H]1O. The van der Waals surface area contributed by atoms with Gasteiger partial charge in [0.25, 0.3) is 5.91 Å². The topological polar surface area (TPSA) is 113 Å². The van der Waals surface area contributed by atoms with Crippen molar-refractivity contribution in [3.63, 3.8) is 0 Å². The van der Waals surface area contributed by atoms with Gasteiger partial charge in [0.15, 0.2) is 0 Å². The number of rotatable bonds is 5. The lowest BCUT2D eigenvalue weighted by Crippen LogP contribution is -2.51. The number of carbonyl (C=O) groups is 2. The van der Waals surface area contributed by atoms with Gasteiger partial charge in [0, 0.05) is 6.20 Å². The van der Waals surface area contributed by atoms with Crippen LogP contribution in [-0.4, -0.2) is 44.8 Å². The van der Waals surface area contributed by atoms with E-state index in [9.17, 15) is 27.9 Å². The van der Waals surface area contributed by atoms with Gasteiger partial charge < -0.3 is 20.5 Å². The van der Waals surface area contributed by atoms with Crippen LogP contribution in [0.4, 0.5) is 23.7 Å². The summed E-state index contributed by atoms with van der Waals surface area (Å²) in [6.07, 6.45) is 2.49. The number of ether oxygens (including phenoxy) is 1. The zero-order chi connectivity index (χ0) is 29.2. The summed E-state index contributed by atoms with van der Waals surface area (Å²) in [5.74, 6) is -4.11. The van der Waals surface area contributed by atoms with Gasteiger partial charge in [0.05, 0.1) is 29.6 Å². The molecule has 11 heteroatoms. The first-order chi connectivity index (χ1) is 18.8. The Kier molecular flexibility index (Phi) is 8.43.